The molecular weight excluding hydrogens is 368 g/mol. The van der Waals surface area contributed by atoms with Crippen LogP contribution in [0.25, 0.3) is 0 Å². The predicted molar refractivity (Wildman–Crippen MR) is 36.3 cm³/mol. The van der Waals surface area contributed by atoms with Gasteiger partial charge in [0, 0.05) is 0 Å². The van der Waals surface area contributed by atoms with Crippen LogP contribution in [0.15, 0.2) is 30.5 Å². The van der Waals surface area contributed by atoms with E-state index in [2.05, 4.69) is 36.1 Å². The van der Waals surface area contributed by atoms with Crippen LogP contribution in [0, 0.1) is 0 Å². The molecule has 0 atom stereocenters. The summed E-state index contributed by atoms with van der Waals surface area (Å²) in [5, 5.41) is 8.15. The topological polar surface area (TPSA) is 36.8 Å². The molecule has 5 heteroatoms. The Morgan fingerprint density at radius 2 is 1.73 bits per heavy atom. The van der Waals surface area contributed by atoms with Gasteiger partial charge in [-0.05, 0) is 0 Å². The summed E-state index contributed by atoms with van der Waals surface area (Å²) in [6.07, 6.45) is 4.26. The molecule has 0 saturated heterocycles. The van der Waals surface area contributed by atoms with E-state index in [9.17, 15) is 0 Å². The van der Waals surface area contributed by atoms with Crippen molar-refractivity contribution in [1.82, 2.24) is 5.53 Å². The van der Waals surface area contributed by atoms with Crippen molar-refractivity contribution in [3.05, 3.63) is 20.3 Å². The summed E-state index contributed by atoms with van der Waals surface area (Å²) >= 11 is 0.0192. The molecule has 1 N–H and O–H groups in total. The van der Waals surface area contributed by atoms with Gasteiger partial charge in [0.1, 0.15) is 0 Å². The summed E-state index contributed by atoms with van der Waals surface area (Å²) in [6, 6.07) is 0. The summed E-state index contributed by atoms with van der Waals surface area (Å²) in [5.74, 6) is 0. The average molecular weight is 373 g/mol. The molecule has 2 aliphatic heterocycles. The number of hydrogen-bond donors (Lipinski definition) is 1. The van der Waals surface area contributed by atoms with E-state index in [1.807, 2.05) is 0 Å². The van der Waals surface area contributed by atoms with Crippen LogP contribution < -0.4 is 47.9 Å². The number of fused-ring (bicyclic) bond motifs is 2. The summed E-state index contributed by atoms with van der Waals surface area (Å²) in [6.45, 7) is 0. The van der Waals surface area contributed by atoms with Crippen LogP contribution in [-0.4, -0.2) is 7.44 Å². The maximum absolute atomic E-state index is 4.08. The molecule has 0 fully saturated rings. The van der Waals surface area contributed by atoms with E-state index >= 15 is 0 Å². The molecule has 0 spiro atoms. The number of rotatable bonds is 0. The van der Waals surface area contributed by atoms with Gasteiger partial charge in [-0.1, -0.05) is 0 Å². The normalized spacial score (nSPS) is 22.5. The van der Waals surface area contributed by atoms with Crippen LogP contribution in [0.3, 0.4) is 0 Å². The Hall–Kier alpha value is 0.0800. The fourth-order valence-electron chi connectivity index (χ4n) is 0.618. The Morgan fingerprint density at radius 1 is 1.09 bits per heavy atom. The molecule has 0 aromatic rings. The van der Waals surface area contributed by atoms with E-state index in [0.29, 0.717) is 0 Å². The van der Waals surface area contributed by atoms with Crippen LogP contribution in [0.4, 0.5) is 0 Å². The van der Waals surface area contributed by atoms with Crippen molar-refractivity contribution < 1.29 is 42.4 Å². The summed E-state index contributed by atoms with van der Waals surface area (Å²) in [5.41, 5.74) is 2.67. The van der Waals surface area contributed by atoms with Gasteiger partial charge in [0.25, 0.3) is 0 Å². The second-order valence-corrected chi connectivity index (χ2v) is 6.68. The second kappa shape index (κ2) is 3.65. The van der Waals surface area contributed by atoms with Crippen molar-refractivity contribution in [2.45, 2.75) is 0 Å². The van der Waals surface area contributed by atoms with Crippen LogP contribution in [0.1, 0.15) is 0 Å². The molecular formula is C6H5I2N3-2. The van der Waals surface area contributed by atoms with E-state index in [1.165, 1.54) is 7.44 Å². The zero-order valence-electron chi connectivity index (χ0n) is 5.46. The molecule has 60 valence electrons. The Kier molecular flexibility index (Phi) is 2.56. The van der Waals surface area contributed by atoms with Gasteiger partial charge in [-0.25, -0.2) is 0 Å². The molecule has 2 rings (SSSR count). The molecule has 0 aliphatic carbocycles. The van der Waals surface area contributed by atoms with Gasteiger partial charge in [-0.2, -0.15) is 0 Å². The van der Waals surface area contributed by atoms with Crippen molar-refractivity contribution in [3.63, 3.8) is 0 Å². The van der Waals surface area contributed by atoms with E-state index in [-0.39, 0.29) is 42.4 Å². The van der Waals surface area contributed by atoms with Gasteiger partial charge in [-0.3, -0.25) is 0 Å². The molecule has 0 unspecified atom stereocenters. The zero-order valence-corrected chi connectivity index (χ0v) is 9.77. The van der Waals surface area contributed by atoms with Gasteiger partial charge in [0.15, 0.2) is 0 Å². The molecule has 3 nitrogen and oxygen atoms in total. The van der Waals surface area contributed by atoms with Gasteiger partial charge in [-0.15, -0.1) is 0 Å². The first-order valence-electron chi connectivity index (χ1n) is 2.95. The van der Waals surface area contributed by atoms with Crippen LogP contribution in [-0.2, 0) is 0 Å². The van der Waals surface area contributed by atoms with E-state index < -0.39 is 0 Å². The monoisotopic (exact) mass is 373 g/mol. The summed E-state index contributed by atoms with van der Waals surface area (Å²) in [7, 11) is 0. The Bertz CT molecular complexity index is 252. The number of hydrazone groups is 2. The Balaban J connectivity index is 2.29. The molecule has 0 amide bonds. The first kappa shape index (κ1) is 7.71. The SMILES string of the molecule is C1=CC2=NNN=C(C=C[I-]1)[I-]2. The first-order valence-corrected chi connectivity index (χ1v) is 7.60. The zero-order chi connectivity index (χ0) is 7.52. The van der Waals surface area contributed by atoms with Crippen molar-refractivity contribution >= 4 is 7.44 Å². The van der Waals surface area contributed by atoms with Crippen molar-refractivity contribution in [2.24, 2.45) is 10.2 Å². The number of allylic oxidation sites excluding steroid dienone is 2. The van der Waals surface area contributed by atoms with E-state index in [1.54, 1.807) is 0 Å². The van der Waals surface area contributed by atoms with Crippen molar-refractivity contribution in [3.8, 4) is 0 Å². The van der Waals surface area contributed by atoms with Crippen LogP contribution >= 0.6 is 0 Å². The van der Waals surface area contributed by atoms with E-state index in [4.69, 9.17) is 0 Å². The third kappa shape index (κ3) is 2.01. The molecule has 11 heavy (non-hydrogen) atoms. The molecule has 0 radical (unpaired) electrons. The molecule has 2 bridgehead atoms. The van der Waals surface area contributed by atoms with Crippen LogP contribution in [0.2, 0.25) is 0 Å². The first-order chi connectivity index (χ1) is 5.45. The number of hydrogen-bond acceptors (Lipinski definition) is 3. The molecule has 2 heterocycles. The second-order valence-electron chi connectivity index (χ2n) is 1.77. The average Bonchev–Trinajstić information content (AvgIpc) is 2.02. The van der Waals surface area contributed by atoms with Gasteiger partial charge in [0.2, 0.25) is 0 Å². The molecule has 0 aromatic carbocycles. The fraction of sp³-hybridized carbons (Fsp3) is 0. The number of nitrogens with one attached hydrogen (secondary N) is 1. The molecule has 0 aromatic heterocycles. The fourth-order valence-corrected chi connectivity index (χ4v) is 5.07. The maximum atomic E-state index is 4.08. The summed E-state index contributed by atoms with van der Waals surface area (Å²) in [4.78, 5) is 0. The standard InChI is InChI=1S/C6H5I2N3/c1-3-7-4-2-6-8-5(1)9-11-10-6/h1-4,11H/q-2. The van der Waals surface area contributed by atoms with Crippen LogP contribution in [0.5, 0.6) is 0 Å². The number of halogens is 2. The van der Waals surface area contributed by atoms with Gasteiger partial charge < -0.3 is 0 Å². The minimum atomic E-state index is -0.0908. The summed E-state index contributed by atoms with van der Waals surface area (Å²) < 4.78 is 6.85. The predicted octanol–water partition coefficient (Wildman–Crippen LogP) is -5.56. The van der Waals surface area contributed by atoms with Gasteiger partial charge in [0.05, 0.1) is 0 Å². The quantitative estimate of drug-likeness (QED) is 0.423. The van der Waals surface area contributed by atoms with E-state index in [0.717, 1.165) is 0 Å². The molecule has 0 saturated carbocycles. The van der Waals surface area contributed by atoms with Gasteiger partial charge >= 0.3 is 85.9 Å². The minimum absolute atomic E-state index is 0.0908. The van der Waals surface area contributed by atoms with Crippen molar-refractivity contribution in [1.29, 1.82) is 0 Å². The Morgan fingerprint density at radius 3 is 2.36 bits per heavy atom. The van der Waals surface area contributed by atoms with Crippen molar-refractivity contribution in [2.75, 3.05) is 0 Å². The Labute approximate surface area is 85.2 Å². The molecule has 2 aliphatic rings. The third-order valence-corrected chi connectivity index (χ3v) is 4.91. The number of nitrogens with zero attached hydrogens (tertiary/aromatic N) is 2. The third-order valence-electron chi connectivity index (χ3n) is 1.05.